The minimum atomic E-state index is -4.60. The van der Waals surface area contributed by atoms with E-state index in [1.54, 1.807) is 0 Å². The third-order valence-corrected chi connectivity index (χ3v) is 2.47. The highest BCUT2D eigenvalue weighted by Gasteiger charge is 2.52. The second kappa shape index (κ2) is 4.24. The van der Waals surface area contributed by atoms with Gasteiger partial charge in [0.1, 0.15) is 15.4 Å². The van der Waals surface area contributed by atoms with Gasteiger partial charge in [0.2, 0.25) is 0 Å². The second-order valence-corrected chi connectivity index (χ2v) is 3.61. The average Bonchev–Trinajstić information content (AvgIpc) is 2.26. The van der Waals surface area contributed by atoms with Crippen LogP contribution in [-0.4, -0.2) is 9.85 Å². The molecule has 0 unspecified atom stereocenters. The Labute approximate surface area is 98.3 Å². The molecule has 0 bridgehead atoms. The van der Waals surface area contributed by atoms with Gasteiger partial charge in [-0.2, -0.15) is 13.2 Å². The largest absolute Gasteiger partial charge is 0.481 e. The minimum Gasteiger partial charge on any atom is -0.258 e. The fraction of sp³-hybridized carbons (Fsp3) is 0.333. The molecule has 98 valence electrons. The smallest absolute Gasteiger partial charge is 0.258 e. The standard InChI is InChI=1S/C9H7F3N2O4/c1-8(13(15)16,14(17)18)6-2-4-7(5-3-6)9(10,11)12/h2-5H,1H3. The first-order valence-electron chi connectivity index (χ1n) is 4.57. The highest BCUT2D eigenvalue weighted by Crippen LogP contribution is 2.32. The summed E-state index contributed by atoms with van der Waals surface area (Å²) in [5, 5.41) is 21.4. The molecule has 0 aliphatic rings. The van der Waals surface area contributed by atoms with Crippen LogP contribution in [0.25, 0.3) is 0 Å². The Bertz CT molecular complexity index is 470. The van der Waals surface area contributed by atoms with E-state index in [9.17, 15) is 33.4 Å². The molecule has 0 spiro atoms. The van der Waals surface area contributed by atoms with Gasteiger partial charge >= 0.3 is 11.8 Å². The van der Waals surface area contributed by atoms with Crippen molar-refractivity contribution < 1.29 is 23.0 Å². The van der Waals surface area contributed by atoms with Crippen molar-refractivity contribution in [3.05, 3.63) is 55.6 Å². The maximum absolute atomic E-state index is 12.3. The summed E-state index contributed by atoms with van der Waals surface area (Å²) in [6, 6.07) is 2.60. The van der Waals surface area contributed by atoms with Gasteiger partial charge in [-0.1, -0.05) is 0 Å². The van der Waals surface area contributed by atoms with Crippen molar-refractivity contribution in [1.29, 1.82) is 0 Å². The van der Waals surface area contributed by atoms with Crippen molar-refractivity contribution in [2.24, 2.45) is 0 Å². The maximum Gasteiger partial charge on any atom is 0.481 e. The lowest BCUT2D eigenvalue weighted by molar-refractivity contribution is -0.805. The number of halogens is 3. The van der Waals surface area contributed by atoms with Crippen LogP contribution in [0, 0.1) is 20.2 Å². The first-order chi connectivity index (χ1) is 8.10. The van der Waals surface area contributed by atoms with Crippen LogP contribution < -0.4 is 0 Å². The molecule has 1 rings (SSSR count). The first kappa shape index (κ1) is 13.9. The summed E-state index contributed by atoms with van der Waals surface area (Å²) in [5.41, 5.74) is -4.12. The molecule has 0 radical (unpaired) electrons. The van der Waals surface area contributed by atoms with E-state index in [-0.39, 0.29) is 0 Å². The fourth-order valence-corrected chi connectivity index (χ4v) is 1.25. The Morgan fingerprint density at radius 3 is 1.56 bits per heavy atom. The van der Waals surface area contributed by atoms with Crippen molar-refractivity contribution in [3.8, 4) is 0 Å². The van der Waals surface area contributed by atoms with Gasteiger partial charge in [-0.05, 0) is 24.3 Å². The topological polar surface area (TPSA) is 86.3 Å². The number of nitro groups is 2. The van der Waals surface area contributed by atoms with Crippen LogP contribution in [0.4, 0.5) is 13.2 Å². The molecule has 0 heterocycles. The van der Waals surface area contributed by atoms with Gasteiger partial charge in [-0.15, -0.1) is 0 Å². The second-order valence-electron chi connectivity index (χ2n) is 3.61. The molecule has 0 fully saturated rings. The summed E-state index contributed by atoms with van der Waals surface area (Å²) in [4.78, 5) is 19.1. The van der Waals surface area contributed by atoms with E-state index in [2.05, 4.69) is 0 Å². The zero-order valence-corrected chi connectivity index (χ0v) is 8.97. The lowest BCUT2D eigenvalue weighted by atomic mass is 10.0. The average molecular weight is 264 g/mol. The number of hydrogen-bond donors (Lipinski definition) is 0. The number of benzene rings is 1. The number of rotatable bonds is 3. The number of hydrogen-bond acceptors (Lipinski definition) is 4. The third-order valence-electron chi connectivity index (χ3n) is 2.47. The van der Waals surface area contributed by atoms with E-state index in [0.717, 1.165) is 19.1 Å². The Balaban J connectivity index is 3.26. The van der Waals surface area contributed by atoms with Gasteiger partial charge in [-0.25, -0.2) is 0 Å². The lowest BCUT2D eigenvalue weighted by Gasteiger charge is -2.13. The Kier molecular flexibility index (Phi) is 3.27. The molecule has 1 aromatic rings. The molecule has 0 saturated carbocycles. The van der Waals surface area contributed by atoms with E-state index >= 15 is 0 Å². The van der Waals surface area contributed by atoms with Gasteiger partial charge in [0.15, 0.2) is 0 Å². The Morgan fingerprint density at radius 2 is 1.28 bits per heavy atom. The van der Waals surface area contributed by atoms with Crippen LogP contribution in [0.15, 0.2) is 24.3 Å². The Hall–Kier alpha value is -2.19. The van der Waals surface area contributed by atoms with Crippen LogP contribution >= 0.6 is 0 Å². The van der Waals surface area contributed by atoms with E-state index in [4.69, 9.17) is 0 Å². The summed E-state index contributed by atoms with van der Waals surface area (Å²) >= 11 is 0. The summed E-state index contributed by atoms with van der Waals surface area (Å²) in [6.45, 7) is 0.718. The molecule has 9 heteroatoms. The van der Waals surface area contributed by atoms with Gasteiger partial charge in [0, 0.05) is 0 Å². The van der Waals surface area contributed by atoms with Crippen LogP contribution in [-0.2, 0) is 11.8 Å². The molecule has 0 atom stereocenters. The molecule has 0 aliphatic heterocycles. The molecular weight excluding hydrogens is 257 g/mol. The molecule has 0 amide bonds. The minimum absolute atomic E-state index is 0.425. The zero-order valence-electron chi connectivity index (χ0n) is 8.97. The number of nitrogens with zero attached hydrogens (tertiary/aromatic N) is 2. The van der Waals surface area contributed by atoms with Gasteiger partial charge in [0.25, 0.3) is 0 Å². The van der Waals surface area contributed by atoms with Gasteiger partial charge in [-0.3, -0.25) is 20.2 Å². The predicted molar refractivity (Wildman–Crippen MR) is 52.8 cm³/mol. The van der Waals surface area contributed by atoms with Crippen LogP contribution in [0.3, 0.4) is 0 Å². The molecule has 6 nitrogen and oxygen atoms in total. The van der Waals surface area contributed by atoms with E-state index in [0.29, 0.717) is 12.1 Å². The quantitative estimate of drug-likeness (QED) is 0.476. The molecule has 1 aromatic carbocycles. The monoisotopic (exact) mass is 264 g/mol. The van der Waals surface area contributed by atoms with Crippen LogP contribution in [0.1, 0.15) is 18.1 Å². The molecule has 18 heavy (non-hydrogen) atoms. The molecule has 0 N–H and O–H groups in total. The Morgan fingerprint density at radius 1 is 0.944 bits per heavy atom. The number of alkyl halides is 3. The molecule has 0 saturated heterocycles. The van der Waals surface area contributed by atoms with E-state index in [1.807, 2.05) is 0 Å². The normalized spacial score (nSPS) is 12.2. The van der Waals surface area contributed by atoms with Crippen molar-refractivity contribution in [3.63, 3.8) is 0 Å². The van der Waals surface area contributed by atoms with Crippen LogP contribution in [0.2, 0.25) is 0 Å². The fourth-order valence-electron chi connectivity index (χ4n) is 1.25. The highest BCUT2D eigenvalue weighted by molar-refractivity contribution is 5.26. The summed E-state index contributed by atoms with van der Waals surface area (Å²) in [7, 11) is 0. The predicted octanol–water partition coefficient (Wildman–Crippen LogP) is 2.43. The van der Waals surface area contributed by atoms with Gasteiger partial charge in [0.05, 0.1) is 12.5 Å². The van der Waals surface area contributed by atoms with Gasteiger partial charge < -0.3 is 0 Å². The summed E-state index contributed by atoms with van der Waals surface area (Å²) < 4.78 is 36.8. The molecule has 0 aromatic heterocycles. The van der Waals surface area contributed by atoms with Crippen molar-refractivity contribution >= 4 is 0 Å². The van der Waals surface area contributed by atoms with Crippen molar-refractivity contribution in [2.45, 2.75) is 18.8 Å². The SMILES string of the molecule is CC(c1ccc(C(F)(F)F)cc1)([N+](=O)[O-])[N+](=O)[O-]. The zero-order chi connectivity index (χ0) is 14.1. The summed E-state index contributed by atoms with van der Waals surface area (Å²) in [6.07, 6.45) is -4.60. The first-order valence-corrected chi connectivity index (χ1v) is 4.57. The lowest BCUT2D eigenvalue weighted by Crippen LogP contribution is -2.40. The van der Waals surface area contributed by atoms with E-state index < -0.39 is 32.8 Å². The van der Waals surface area contributed by atoms with E-state index in [1.165, 1.54) is 0 Å². The molecule has 0 aliphatic carbocycles. The van der Waals surface area contributed by atoms with Crippen molar-refractivity contribution in [2.75, 3.05) is 0 Å². The van der Waals surface area contributed by atoms with Crippen molar-refractivity contribution in [1.82, 2.24) is 0 Å². The summed E-state index contributed by atoms with van der Waals surface area (Å²) in [5.74, 6) is 0. The highest BCUT2D eigenvalue weighted by atomic mass is 19.4. The third kappa shape index (κ3) is 2.24. The maximum atomic E-state index is 12.3. The molecular formula is C9H7F3N2O4. The van der Waals surface area contributed by atoms with Crippen LogP contribution in [0.5, 0.6) is 0 Å².